The number of carbonyl (C=O) groups is 2. The van der Waals surface area contributed by atoms with Crippen molar-refractivity contribution >= 4 is 17.5 Å². The Morgan fingerprint density at radius 2 is 1.86 bits per heavy atom. The smallest absolute Gasteiger partial charge is 0.238 e. The number of nitrogens with zero attached hydrogens (tertiary/aromatic N) is 1. The molecule has 1 aromatic rings. The Bertz CT molecular complexity index is 488. The number of likely N-dealkylation sites (N-methyl/N-ethyl adjacent to an activating group) is 2. The number of benzene rings is 1. The summed E-state index contributed by atoms with van der Waals surface area (Å²) in [5, 5.41) is 5.59. The lowest BCUT2D eigenvalue weighted by Gasteiger charge is -2.26. The van der Waals surface area contributed by atoms with Crippen LogP contribution >= 0.6 is 0 Å². The van der Waals surface area contributed by atoms with Crippen molar-refractivity contribution in [3.63, 3.8) is 0 Å². The molecule has 1 atom stereocenters. The van der Waals surface area contributed by atoms with Crippen LogP contribution in [0.1, 0.15) is 20.8 Å². The average Bonchev–Trinajstić information content (AvgIpc) is 2.52. The third-order valence-corrected chi connectivity index (χ3v) is 3.40. The molecule has 0 saturated heterocycles. The van der Waals surface area contributed by atoms with Gasteiger partial charge in [0, 0.05) is 12.2 Å². The van der Waals surface area contributed by atoms with Crippen LogP contribution < -0.4 is 15.4 Å². The fourth-order valence-corrected chi connectivity index (χ4v) is 2.07. The van der Waals surface area contributed by atoms with Gasteiger partial charge in [-0.1, -0.05) is 6.92 Å². The molecule has 0 aliphatic heterocycles. The van der Waals surface area contributed by atoms with Gasteiger partial charge >= 0.3 is 0 Å². The lowest BCUT2D eigenvalue weighted by Crippen LogP contribution is -2.47. The number of nitrogens with one attached hydrogen (secondary N) is 2. The topological polar surface area (TPSA) is 70.7 Å². The highest BCUT2D eigenvalue weighted by molar-refractivity contribution is 5.92. The predicted octanol–water partition coefficient (Wildman–Crippen LogP) is 1.48. The van der Waals surface area contributed by atoms with E-state index in [9.17, 15) is 9.59 Å². The molecular weight excluding hydrogens is 282 g/mol. The summed E-state index contributed by atoms with van der Waals surface area (Å²) >= 11 is 0. The summed E-state index contributed by atoms with van der Waals surface area (Å²) in [6, 6.07) is 6.78. The number of carbonyl (C=O) groups excluding carboxylic acids is 2. The SMILES string of the molecule is CCNC(=O)[C@H](C)N(CC)CC(=O)Nc1ccc(OC)cc1. The molecule has 122 valence electrons. The quantitative estimate of drug-likeness (QED) is 0.763. The van der Waals surface area contributed by atoms with E-state index in [2.05, 4.69) is 10.6 Å². The highest BCUT2D eigenvalue weighted by Crippen LogP contribution is 2.15. The standard InChI is InChI=1S/C16H25N3O3/c1-5-17-16(21)12(3)19(6-2)11-15(20)18-13-7-9-14(22-4)10-8-13/h7-10,12H,5-6,11H2,1-4H3,(H,17,21)(H,18,20)/t12-/m0/s1. The molecule has 0 fully saturated rings. The van der Waals surface area contributed by atoms with E-state index < -0.39 is 0 Å². The van der Waals surface area contributed by atoms with Crippen molar-refractivity contribution < 1.29 is 14.3 Å². The first kappa shape index (κ1) is 18.0. The molecule has 1 rings (SSSR count). The van der Waals surface area contributed by atoms with E-state index in [1.165, 1.54) is 0 Å². The molecule has 0 aromatic heterocycles. The van der Waals surface area contributed by atoms with E-state index in [-0.39, 0.29) is 24.4 Å². The Labute approximate surface area is 131 Å². The molecule has 0 radical (unpaired) electrons. The molecule has 6 nitrogen and oxygen atoms in total. The lowest BCUT2D eigenvalue weighted by molar-refractivity contribution is -0.127. The molecule has 0 bridgehead atoms. The lowest BCUT2D eigenvalue weighted by atomic mass is 10.2. The van der Waals surface area contributed by atoms with Crippen molar-refractivity contribution in [2.75, 3.05) is 32.1 Å². The first-order valence-corrected chi connectivity index (χ1v) is 7.47. The minimum atomic E-state index is -0.341. The second-order valence-corrected chi connectivity index (χ2v) is 4.91. The van der Waals surface area contributed by atoms with Crippen molar-refractivity contribution in [3.05, 3.63) is 24.3 Å². The Balaban J connectivity index is 2.58. The molecule has 0 unspecified atom stereocenters. The minimum Gasteiger partial charge on any atom is -0.497 e. The third kappa shape index (κ3) is 5.37. The Morgan fingerprint density at radius 3 is 2.36 bits per heavy atom. The molecule has 0 aliphatic carbocycles. The van der Waals surface area contributed by atoms with Crippen LogP contribution in [0.15, 0.2) is 24.3 Å². The Hall–Kier alpha value is -2.08. The number of anilines is 1. The number of rotatable bonds is 8. The van der Waals surface area contributed by atoms with E-state index in [1.807, 2.05) is 18.7 Å². The summed E-state index contributed by atoms with van der Waals surface area (Å²) in [6.45, 7) is 6.97. The third-order valence-electron chi connectivity index (χ3n) is 3.40. The summed E-state index contributed by atoms with van der Waals surface area (Å²) in [4.78, 5) is 25.8. The second-order valence-electron chi connectivity index (χ2n) is 4.91. The number of hydrogen-bond donors (Lipinski definition) is 2. The number of amides is 2. The van der Waals surface area contributed by atoms with Gasteiger partial charge in [-0.05, 0) is 44.7 Å². The maximum atomic E-state index is 12.1. The summed E-state index contributed by atoms with van der Waals surface area (Å²) in [7, 11) is 1.59. The average molecular weight is 307 g/mol. The summed E-state index contributed by atoms with van der Waals surface area (Å²) < 4.78 is 5.07. The van der Waals surface area contributed by atoms with Crippen molar-refractivity contribution in [1.82, 2.24) is 10.2 Å². The van der Waals surface area contributed by atoms with E-state index in [1.54, 1.807) is 38.3 Å². The highest BCUT2D eigenvalue weighted by atomic mass is 16.5. The van der Waals surface area contributed by atoms with Crippen LogP contribution in [0.2, 0.25) is 0 Å². The number of hydrogen-bond acceptors (Lipinski definition) is 4. The Kier molecular flexibility index (Phi) is 7.39. The first-order chi connectivity index (χ1) is 10.5. The van der Waals surface area contributed by atoms with Crippen LogP contribution in [-0.2, 0) is 9.59 Å². The first-order valence-electron chi connectivity index (χ1n) is 7.47. The molecule has 6 heteroatoms. The molecular formula is C16H25N3O3. The van der Waals surface area contributed by atoms with Crippen LogP contribution in [0, 0.1) is 0 Å². The maximum Gasteiger partial charge on any atom is 0.238 e. The van der Waals surface area contributed by atoms with Gasteiger partial charge in [-0.15, -0.1) is 0 Å². The number of methoxy groups -OCH3 is 1. The summed E-state index contributed by atoms with van der Waals surface area (Å²) in [6.07, 6.45) is 0. The zero-order valence-electron chi connectivity index (χ0n) is 13.7. The van der Waals surface area contributed by atoms with Crippen LogP contribution in [-0.4, -0.2) is 49.5 Å². The Morgan fingerprint density at radius 1 is 1.23 bits per heavy atom. The molecule has 0 heterocycles. The van der Waals surface area contributed by atoms with Gasteiger partial charge in [0.25, 0.3) is 0 Å². The largest absolute Gasteiger partial charge is 0.497 e. The second kappa shape index (κ2) is 9.04. The van der Waals surface area contributed by atoms with Gasteiger partial charge in [0.1, 0.15) is 5.75 Å². The van der Waals surface area contributed by atoms with E-state index in [4.69, 9.17) is 4.74 Å². The van der Waals surface area contributed by atoms with Gasteiger partial charge in [-0.2, -0.15) is 0 Å². The van der Waals surface area contributed by atoms with E-state index >= 15 is 0 Å². The van der Waals surface area contributed by atoms with E-state index in [0.29, 0.717) is 18.8 Å². The van der Waals surface area contributed by atoms with Gasteiger partial charge in [-0.3, -0.25) is 14.5 Å². The molecule has 0 spiro atoms. The van der Waals surface area contributed by atoms with Crippen LogP contribution in [0.25, 0.3) is 0 Å². The van der Waals surface area contributed by atoms with Crippen molar-refractivity contribution in [1.29, 1.82) is 0 Å². The fraction of sp³-hybridized carbons (Fsp3) is 0.500. The van der Waals surface area contributed by atoms with Crippen molar-refractivity contribution in [2.45, 2.75) is 26.8 Å². The van der Waals surface area contributed by atoms with Gasteiger partial charge in [0.15, 0.2) is 0 Å². The molecule has 1 aromatic carbocycles. The predicted molar refractivity (Wildman–Crippen MR) is 87.0 cm³/mol. The molecule has 0 aliphatic rings. The summed E-state index contributed by atoms with van der Waals surface area (Å²) in [5.74, 6) is 0.516. The fourth-order valence-electron chi connectivity index (χ4n) is 2.07. The van der Waals surface area contributed by atoms with Crippen molar-refractivity contribution in [3.8, 4) is 5.75 Å². The van der Waals surface area contributed by atoms with Gasteiger partial charge in [0.05, 0.1) is 19.7 Å². The highest BCUT2D eigenvalue weighted by Gasteiger charge is 2.21. The molecule has 2 amide bonds. The molecule has 22 heavy (non-hydrogen) atoms. The zero-order chi connectivity index (χ0) is 16.5. The van der Waals surface area contributed by atoms with Crippen molar-refractivity contribution in [2.24, 2.45) is 0 Å². The van der Waals surface area contributed by atoms with Gasteiger partial charge in [0.2, 0.25) is 11.8 Å². The molecule has 0 saturated carbocycles. The summed E-state index contributed by atoms with van der Waals surface area (Å²) in [5.41, 5.74) is 0.701. The van der Waals surface area contributed by atoms with Crippen LogP contribution in [0.5, 0.6) is 5.75 Å². The normalized spacial score (nSPS) is 11.9. The van der Waals surface area contributed by atoms with Gasteiger partial charge in [-0.25, -0.2) is 0 Å². The van der Waals surface area contributed by atoms with Crippen LogP contribution in [0.3, 0.4) is 0 Å². The van der Waals surface area contributed by atoms with Gasteiger partial charge < -0.3 is 15.4 Å². The number of ether oxygens (including phenoxy) is 1. The monoisotopic (exact) mass is 307 g/mol. The minimum absolute atomic E-state index is 0.0680. The van der Waals surface area contributed by atoms with E-state index in [0.717, 1.165) is 5.75 Å². The maximum absolute atomic E-state index is 12.1. The van der Waals surface area contributed by atoms with Crippen LogP contribution in [0.4, 0.5) is 5.69 Å². The zero-order valence-corrected chi connectivity index (χ0v) is 13.7. The molecule has 2 N–H and O–H groups in total.